The van der Waals surface area contributed by atoms with E-state index in [9.17, 15) is 18.0 Å². The molecule has 204 valence electrons. The van der Waals surface area contributed by atoms with Gasteiger partial charge in [0.05, 0.1) is 11.2 Å². The number of pyridine rings is 1. The second-order valence-corrected chi connectivity index (χ2v) is 10.3. The number of rotatable bonds is 6. The predicted molar refractivity (Wildman–Crippen MR) is 143 cm³/mol. The second-order valence-electron chi connectivity index (χ2n) is 10.3. The smallest absolute Gasteiger partial charge is 0.398 e. The van der Waals surface area contributed by atoms with Crippen LogP contribution in [-0.4, -0.2) is 60.1 Å². The van der Waals surface area contributed by atoms with Crippen LogP contribution >= 0.6 is 0 Å². The van der Waals surface area contributed by atoms with E-state index in [2.05, 4.69) is 15.2 Å². The highest BCUT2D eigenvalue weighted by Crippen LogP contribution is 2.38. The molecule has 0 atom stereocenters. The van der Waals surface area contributed by atoms with Gasteiger partial charge in [0.1, 0.15) is 11.4 Å². The lowest BCUT2D eigenvalue weighted by atomic mass is 9.83. The van der Waals surface area contributed by atoms with Gasteiger partial charge in [0.15, 0.2) is 0 Å². The normalized spacial score (nSPS) is 20.6. The number of hydrogen-bond donors (Lipinski definition) is 5. The van der Waals surface area contributed by atoms with E-state index in [0.29, 0.717) is 47.1 Å². The molecular formula is C27H34F3N7O. The third-order valence-electron chi connectivity index (χ3n) is 7.74. The Kier molecular flexibility index (Phi) is 7.78. The molecule has 0 saturated heterocycles. The molecule has 1 aromatic heterocycles. The van der Waals surface area contributed by atoms with E-state index in [0.717, 1.165) is 38.5 Å². The van der Waals surface area contributed by atoms with E-state index in [1.54, 1.807) is 6.07 Å². The molecule has 0 unspecified atom stereocenters. The van der Waals surface area contributed by atoms with Gasteiger partial charge < -0.3 is 27.1 Å². The number of nitrogens with two attached hydrogens (primary N) is 2. The Morgan fingerprint density at radius 2 is 1.76 bits per heavy atom. The fourth-order valence-electron chi connectivity index (χ4n) is 5.66. The van der Waals surface area contributed by atoms with Gasteiger partial charge in [-0.3, -0.25) is 10.2 Å². The van der Waals surface area contributed by atoms with Crippen LogP contribution in [-0.2, 0) is 17.6 Å². The van der Waals surface area contributed by atoms with Crippen molar-refractivity contribution in [3.8, 4) is 0 Å². The largest absolute Gasteiger partial charge is 0.431 e. The van der Waals surface area contributed by atoms with Crippen LogP contribution in [0.5, 0.6) is 0 Å². The molecule has 7 N–H and O–H groups in total. The van der Waals surface area contributed by atoms with E-state index < -0.39 is 23.4 Å². The first-order valence-electron chi connectivity index (χ1n) is 12.8. The number of nitrogens with one attached hydrogen (secondary N) is 3. The van der Waals surface area contributed by atoms with Crippen LogP contribution in [0.3, 0.4) is 0 Å². The summed E-state index contributed by atoms with van der Waals surface area (Å²) in [4.78, 5) is 19.9. The van der Waals surface area contributed by atoms with Crippen molar-refractivity contribution >= 4 is 40.0 Å². The number of aryl methyl sites for hydroxylation is 1. The van der Waals surface area contributed by atoms with E-state index in [4.69, 9.17) is 22.3 Å². The summed E-state index contributed by atoms with van der Waals surface area (Å²) in [5, 5.41) is 20.0. The molecule has 1 amide bonds. The van der Waals surface area contributed by atoms with Gasteiger partial charge in [0.25, 0.3) is 5.91 Å². The van der Waals surface area contributed by atoms with Crippen molar-refractivity contribution in [1.29, 1.82) is 10.8 Å². The van der Waals surface area contributed by atoms with Crippen LogP contribution in [0.1, 0.15) is 60.9 Å². The molecule has 0 bridgehead atoms. The molecule has 1 saturated carbocycles. The fourth-order valence-corrected chi connectivity index (χ4v) is 5.66. The van der Waals surface area contributed by atoms with Crippen LogP contribution in [0.4, 0.5) is 18.9 Å². The lowest BCUT2D eigenvalue weighted by Gasteiger charge is -2.33. The summed E-state index contributed by atoms with van der Waals surface area (Å²) in [6, 6.07) is 3.51. The summed E-state index contributed by atoms with van der Waals surface area (Å²) in [6.07, 6.45) is 1.78. The van der Waals surface area contributed by atoms with Gasteiger partial charge in [-0.25, -0.2) is 4.98 Å². The number of nitrogen functional groups attached to an aromatic ring is 1. The monoisotopic (exact) mass is 529 g/mol. The molecule has 2 aliphatic carbocycles. The van der Waals surface area contributed by atoms with Crippen molar-refractivity contribution in [2.45, 2.75) is 69.6 Å². The maximum atomic E-state index is 13.5. The third-order valence-corrected chi connectivity index (χ3v) is 7.74. The average molecular weight is 530 g/mol. The number of alkyl halides is 3. The van der Waals surface area contributed by atoms with Gasteiger partial charge in [-0.2, -0.15) is 13.2 Å². The first kappa shape index (κ1) is 27.6. The maximum Gasteiger partial charge on any atom is 0.431 e. The Labute approximate surface area is 219 Å². The van der Waals surface area contributed by atoms with Crippen LogP contribution in [0.2, 0.25) is 0 Å². The van der Waals surface area contributed by atoms with Gasteiger partial charge in [-0.05, 0) is 88.7 Å². The Morgan fingerprint density at radius 3 is 2.34 bits per heavy atom. The Balaban J connectivity index is 1.77. The molecule has 38 heavy (non-hydrogen) atoms. The molecule has 1 aromatic carbocycles. The first-order chi connectivity index (χ1) is 17.9. The molecule has 8 nitrogen and oxygen atoms in total. The number of anilines is 1. The first-order valence-corrected chi connectivity index (χ1v) is 12.8. The molecule has 4 rings (SSSR count). The number of benzene rings is 1. The van der Waals surface area contributed by atoms with Crippen molar-refractivity contribution < 1.29 is 18.0 Å². The van der Waals surface area contributed by atoms with E-state index in [1.165, 1.54) is 6.07 Å². The fraction of sp³-hybridized carbons (Fsp3) is 0.481. The quantitative estimate of drug-likeness (QED) is 0.284. The summed E-state index contributed by atoms with van der Waals surface area (Å²) in [6.45, 7) is 0. The molecule has 2 aromatic rings. The molecule has 0 radical (unpaired) electrons. The minimum atomic E-state index is -4.82. The summed E-state index contributed by atoms with van der Waals surface area (Å²) in [5.74, 6) is -0.535. The lowest BCUT2D eigenvalue weighted by molar-refractivity contribution is -0.115. The van der Waals surface area contributed by atoms with Crippen LogP contribution in [0.25, 0.3) is 16.5 Å². The van der Waals surface area contributed by atoms with E-state index in [-0.39, 0.29) is 28.7 Å². The number of allylic oxidation sites excluding steroid dienone is 2. The zero-order valence-electron chi connectivity index (χ0n) is 21.6. The predicted octanol–water partition coefficient (Wildman–Crippen LogP) is 3.93. The topological polar surface area (TPSA) is 145 Å². The molecule has 0 aliphatic heterocycles. The maximum absolute atomic E-state index is 13.5. The standard InChI is InChI=1S/C27H34F3N7O/c1-37(2)15-9-7-14(8-10-15)35-26(38)23(33)22-19(32)11-12-20-21(22)16-5-3-4-6-17(16)24(36-20)18(13-31)25(34)27(28,29)30/h11-15,31,33H,3-10,32,34H2,1-2H3,(H,35,38). The number of hydrogen-bond acceptors (Lipinski definition) is 7. The summed E-state index contributed by atoms with van der Waals surface area (Å²) < 4.78 is 40.4. The van der Waals surface area contributed by atoms with Crippen molar-refractivity contribution in [3.05, 3.63) is 40.2 Å². The number of amides is 1. The third kappa shape index (κ3) is 5.24. The average Bonchev–Trinajstić information content (AvgIpc) is 2.88. The number of fused-ring (bicyclic) bond motifs is 3. The van der Waals surface area contributed by atoms with Crippen molar-refractivity contribution in [3.63, 3.8) is 0 Å². The molecule has 0 spiro atoms. The van der Waals surface area contributed by atoms with Gasteiger partial charge in [-0.15, -0.1) is 0 Å². The highest BCUT2D eigenvalue weighted by Gasteiger charge is 2.36. The van der Waals surface area contributed by atoms with E-state index >= 15 is 0 Å². The van der Waals surface area contributed by atoms with Crippen molar-refractivity contribution in [2.24, 2.45) is 5.73 Å². The number of aromatic nitrogens is 1. The van der Waals surface area contributed by atoms with E-state index in [1.807, 2.05) is 14.1 Å². The number of carbonyl (C=O) groups excluding carboxylic acids is 1. The second kappa shape index (κ2) is 10.7. The van der Waals surface area contributed by atoms with Gasteiger partial charge in [-0.1, -0.05) is 0 Å². The number of halogens is 3. The highest BCUT2D eigenvalue weighted by molar-refractivity contribution is 6.47. The van der Waals surface area contributed by atoms with Gasteiger partial charge >= 0.3 is 6.18 Å². The molecular weight excluding hydrogens is 495 g/mol. The zero-order valence-corrected chi connectivity index (χ0v) is 21.6. The summed E-state index contributed by atoms with van der Waals surface area (Å²) in [7, 11) is 4.09. The molecule has 1 fully saturated rings. The Morgan fingerprint density at radius 1 is 1.13 bits per heavy atom. The number of nitrogens with zero attached hydrogens (tertiary/aromatic N) is 2. The molecule has 1 heterocycles. The Hall–Kier alpha value is -3.47. The summed E-state index contributed by atoms with van der Waals surface area (Å²) >= 11 is 0. The summed E-state index contributed by atoms with van der Waals surface area (Å²) in [5.41, 5.74) is 11.6. The highest BCUT2D eigenvalue weighted by atomic mass is 19.4. The minimum Gasteiger partial charge on any atom is -0.398 e. The molecule has 2 aliphatic rings. The van der Waals surface area contributed by atoms with Crippen LogP contribution in [0, 0.1) is 10.8 Å². The van der Waals surface area contributed by atoms with Crippen molar-refractivity contribution in [1.82, 2.24) is 15.2 Å². The molecule has 11 heteroatoms. The van der Waals surface area contributed by atoms with Gasteiger partial charge in [0, 0.05) is 40.5 Å². The lowest BCUT2D eigenvalue weighted by Crippen LogP contribution is -2.44. The van der Waals surface area contributed by atoms with Crippen molar-refractivity contribution in [2.75, 3.05) is 19.8 Å². The van der Waals surface area contributed by atoms with Crippen LogP contribution in [0.15, 0.2) is 17.8 Å². The van der Waals surface area contributed by atoms with Crippen LogP contribution < -0.4 is 16.8 Å². The van der Waals surface area contributed by atoms with Gasteiger partial charge in [0.2, 0.25) is 0 Å². The number of carbonyl (C=O) groups is 1. The SMILES string of the molecule is CN(C)C1CCC(NC(=O)C(=N)c2c(N)ccc3nc(C(C=N)=C(N)C(F)(F)F)c4c(c23)CCCC4)CC1. The zero-order chi connectivity index (χ0) is 27.8. The Bertz CT molecular complexity index is 1310. The minimum absolute atomic E-state index is 0.0152.